The van der Waals surface area contributed by atoms with Crippen molar-refractivity contribution < 1.29 is 0 Å². The van der Waals surface area contributed by atoms with Gasteiger partial charge in [-0.2, -0.15) is 5.10 Å². The summed E-state index contributed by atoms with van der Waals surface area (Å²) >= 11 is 0. The molecule has 1 saturated heterocycles. The number of rotatable bonds is 3. The number of nitrogens with zero attached hydrogens (tertiary/aromatic N) is 3. The fourth-order valence-corrected chi connectivity index (χ4v) is 3.39. The van der Waals surface area contributed by atoms with Crippen molar-refractivity contribution in [3.63, 3.8) is 0 Å². The Labute approximate surface area is 132 Å². The Kier molecular flexibility index (Phi) is 4.21. The summed E-state index contributed by atoms with van der Waals surface area (Å²) < 4.78 is 1.84. The second-order valence-electron chi connectivity index (χ2n) is 6.60. The molecule has 1 aliphatic rings. The van der Waals surface area contributed by atoms with Crippen LogP contribution in [0.4, 0.5) is 5.82 Å². The standard InChI is InChI=1S/C18H26N4/c1-13-7-9-17(10-8-13)22-18(19)16(11-20-22)12-21-14(2)5-4-6-15(21)3/h7-11,14-15H,4-6,12,19H2,1-3H3. The van der Waals surface area contributed by atoms with Crippen LogP contribution >= 0.6 is 0 Å². The lowest BCUT2D eigenvalue weighted by molar-refractivity contribution is 0.0955. The highest BCUT2D eigenvalue weighted by molar-refractivity contribution is 5.47. The molecule has 0 radical (unpaired) electrons. The van der Waals surface area contributed by atoms with Gasteiger partial charge in [-0.3, -0.25) is 4.90 Å². The van der Waals surface area contributed by atoms with Crippen LogP contribution in [-0.2, 0) is 6.54 Å². The molecule has 4 heteroatoms. The SMILES string of the molecule is Cc1ccc(-n2ncc(CN3C(C)CCCC3C)c2N)cc1. The summed E-state index contributed by atoms with van der Waals surface area (Å²) in [6.45, 7) is 7.60. The number of anilines is 1. The van der Waals surface area contributed by atoms with E-state index in [0.717, 1.165) is 23.6 Å². The molecule has 2 unspecified atom stereocenters. The average molecular weight is 298 g/mol. The molecule has 3 rings (SSSR count). The molecule has 1 aromatic carbocycles. The molecule has 4 nitrogen and oxygen atoms in total. The van der Waals surface area contributed by atoms with Crippen LogP contribution < -0.4 is 5.73 Å². The predicted molar refractivity (Wildman–Crippen MR) is 91.0 cm³/mol. The molecule has 0 amide bonds. The molecule has 1 aromatic heterocycles. The normalized spacial score (nSPS) is 22.9. The van der Waals surface area contributed by atoms with Crippen molar-refractivity contribution in [3.05, 3.63) is 41.6 Å². The van der Waals surface area contributed by atoms with E-state index < -0.39 is 0 Å². The smallest absolute Gasteiger partial charge is 0.131 e. The van der Waals surface area contributed by atoms with Crippen molar-refractivity contribution in [2.45, 2.75) is 58.7 Å². The minimum atomic E-state index is 0.617. The highest BCUT2D eigenvalue weighted by Gasteiger charge is 2.25. The number of piperidine rings is 1. The maximum Gasteiger partial charge on any atom is 0.131 e. The first-order valence-corrected chi connectivity index (χ1v) is 8.21. The molecule has 2 atom stereocenters. The largest absolute Gasteiger partial charge is 0.383 e. The number of benzene rings is 1. The molecule has 22 heavy (non-hydrogen) atoms. The van der Waals surface area contributed by atoms with E-state index in [9.17, 15) is 0 Å². The molecule has 0 saturated carbocycles. The van der Waals surface area contributed by atoms with Gasteiger partial charge in [0.2, 0.25) is 0 Å². The van der Waals surface area contributed by atoms with Gasteiger partial charge in [-0.25, -0.2) is 4.68 Å². The van der Waals surface area contributed by atoms with Gasteiger partial charge in [-0.05, 0) is 45.7 Å². The Balaban J connectivity index is 1.82. The lowest BCUT2D eigenvalue weighted by Gasteiger charge is -2.38. The lowest BCUT2D eigenvalue weighted by atomic mass is 9.97. The van der Waals surface area contributed by atoms with Crippen LogP contribution in [0.3, 0.4) is 0 Å². The van der Waals surface area contributed by atoms with Crippen molar-refractivity contribution in [1.29, 1.82) is 0 Å². The Hall–Kier alpha value is -1.81. The van der Waals surface area contributed by atoms with Gasteiger partial charge in [-0.15, -0.1) is 0 Å². The molecule has 0 bridgehead atoms. The number of hydrogen-bond donors (Lipinski definition) is 1. The van der Waals surface area contributed by atoms with E-state index in [4.69, 9.17) is 5.73 Å². The summed E-state index contributed by atoms with van der Waals surface area (Å²) in [4.78, 5) is 2.55. The van der Waals surface area contributed by atoms with E-state index in [0.29, 0.717) is 12.1 Å². The molecule has 0 spiro atoms. The first-order chi connectivity index (χ1) is 10.6. The molecular weight excluding hydrogens is 272 g/mol. The number of nitrogens with two attached hydrogens (primary N) is 1. The summed E-state index contributed by atoms with van der Waals surface area (Å²) in [7, 11) is 0. The lowest BCUT2D eigenvalue weighted by Crippen LogP contribution is -2.43. The molecular formula is C18H26N4. The summed E-state index contributed by atoms with van der Waals surface area (Å²) in [6, 6.07) is 9.54. The van der Waals surface area contributed by atoms with Gasteiger partial charge < -0.3 is 5.73 Å². The Bertz CT molecular complexity index is 619. The quantitative estimate of drug-likeness (QED) is 0.943. The van der Waals surface area contributed by atoms with Crippen LogP contribution in [0.15, 0.2) is 30.5 Å². The third-order valence-electron chi connectivity index (χ3n) is 4.89. The maximum absolute atomic E-state index is 6.36. The average Bonchev–Trinajstić information content (AvgIpc) is 2.85. The monoisotopic (exact) mass is 298 g/mol. The summed E-state index contributed by atoms with van der Waals surface area (Å²) in [5, 5.41) is 4.50. The van der Waals surface area contributed by atoms with Gasteiger partial charge in [0.15, 0.2) is 0 Å². The van der Waals surface area contributed by atoms with E-state index in [1.54, 1.807) is 0 Å². The van der Waals surface area contributed by atoms with Crippen molar-refractivity contribution in [2.24, 2.45) is 0 Å². The van der Waals surface area contributed by atoms with Crippen LogP contribution in [0.2, 0.25) is 0 Å². The second kappa shape index (κ2) is 6.13. The molecule has 1 aliphatic heterocycles. The number of aromatic nitrogens is 2. The van der Waals surface area contributed by atoms with Gasteiger partial charge in [-0.1, -0.05) is 24.1 Å². The van der Waals surface area contributed by atoms with Crippen LogP contribution in [-0.4, -0.2) is 26.8 Å². The first-order valence-electron chi connectivity index (χ1n) is 8.21. The van der Waals surface area contributed by atoms with Gasteiger partial charge in [0.25, 0.3) is 0 Å². The zero-order valence-electron chi connectivity index (χ0n) is 13.8. The van der Waals surface area contributed by atoms with Crippen LogP contribution in [0.1, 0.15) is 44.2 Å². The van der Waals surface area contributed by atoms with Gasteiger partial charge in [0, 0.05) is 24.2 Å². The number of aryl methyl sites for hydroxylation is 1. The highest BCUT2D eigenvalue weighted by atomic mass is 15.3. The third kappa shape index (κ3) is 2.88. The second-order valence-corrected chi connectivity index (χ2v) is 6.60. The number of nitrogen functional groups attached to an aromatic ring is 1. The first kappa shape index (κ1) is 15.1. The van der Waals surface area contributed by atoms with E-state index >= 15 is 0 Å². The van der Waals surface area contributed by atoms with Crippen molar-refractivity contribution >= 4 is 5.82 Å². The molecule has 0 aliphatic carbocycles. The predicted octanol–water partition coefficient (Wildman–Crippen LogP) is 3.53. The summed E-state index contributed by atoms with van der Waals surface area (Å²) in [5.74, 6) is 0.758. The van der Waals surface area contributed by atoms with Crippen LogP contribution in [0.5, 0.6) is 0 Å². The maximum atomic E-state index is 6.36. The van der Waals surface area contributed by atoms with Gasteiger partial charge >= 0.3 is 0 Å². The zero-order chi connectivity index (χ0) is 15.7. The third-order valence-corrected chi connectivity index (χ3v) is 4.89. The van der Waals surface area contributed by atoms with Gasteiger partial charge in [0.05, 0.1) is 11.9 Å². The number of likely N-dealkylation sites (tertiary alicyclic amines) is 1. The summed E-state index contributed by atoms with van der Waals surface area (Å²) in [6.07, 6.45) is 5.80. The van der Waals surface area contributed by atoms with E-state index in [2.05, 4.69) is 55.0 Å². The minimum absolute atomic E-state index is 0.617. The van der Waals surface area contributed by atoms with E-state index in [1.807, 2.05) is 10.9 Å². The fourth-order valence-electron chi connectivity index (χ4n) is 3.39. The summed E-state index contributed by atoms with van der Waals surface area (Å²) in [5.41, 5.74) is 9.75. The molecule has 1 fully saturated rings. The van der Waals surface area contributed by atoms with Crippen molar-refractivity contribution in [2.75, 3.05) is 5.73 Å². The van der Waals surface area contributed by atoms with Crippen molar-refractivity contribution in [3.8, 4) is 5.69 Å². The molecule has 2 N–H and O–H groups in total. The minimum Gasteiger partial charge on any atom is -0.383 e. The van der Waals surface area contributed by atoms with Crippen LogP contribution in [0.25, 0.3) is 5.69 Å². The zero-order valence-corrected chi connectivity index (χ0v) is 13.8. The van der Waals surface area contributed by atoms with E-state index in [1.165, 1.54) is 24.8 Å². The fraction of sp³-hybridized carbons (Fsp3) is 0.500. The van der Waals surface area contributed by atoms with Gasteiger partial charge in [0.1, 0.15) is 5.82 Å². The number of hydrogen-bond acceptors (Lipinski definition) is 3. The topological polar surface area (TPSA) is 47.1 Å². The van der Waals surface area contributed by atoms with Crippen LogP contribution in [0, 0.1) is 6.92 Å². The Morgan fingerprint density at radius 3 is 2.41 bits per heavy atom. The molecule has 2 aromatic rings. The van der Waals surface area contributed by atoms with Crippen molar-refractivity contribution in [1.82, 2.24) is 14.7 Å². The molecule has 2 heterocycles. The highest BCUT2D eigenvalue weighted by Crippen LogP contribution is 2.27. The van der Waals surface area contributed by atoms with E-state index in [-0.39, 0.29) is 0 Å². The Morgan fingerprint density at radius 2 is 1.77 bits per heavy atom. The Morgan fingerprint density at radius 1 is 1.14 bits per heavy atom. The molecule has 118 valence electrons.